The van der Waals surface area contributed by atoms with E-state index in [2.05, 4.69) is 22.0 Å². The molecule has 0 spiro atoms. The first-order valence-electron chi connectivity index (χ1n) is 12.0. The first-order chi connectivity index (χ1) is 16.9. The summed E-state index contributed by atoms with van der Waals surface area (Å²) in [4.78, 5) is 36.6. The van der Waals surface area contributed by atoms with E-state index in [0.717, 1.165) is 47.2 Å². The molecule has 1 aromatic heterocycles. The normalized spacial score (nSPS) is 24.3. The number of aromatic nitrogens is 1. The summed E-state index contributed by atoms with van der Waals surface area (Å²) in [6.45, 7) is 4.62. The number of hydrogen-bond acceptors (Lipinski definition) is 4. The highest BCUT2D eigenvalue weighted by atomic mass is 35.5. The molecule has 0 bridgehead atoms. The van der Waals surface area contributed by atoms with Gasteiger partial charge in [-0.25, -0.2) is 4.79 Å². The number of urea groups is 1. The van der Waals surface area contributed by atoms with E-state index in [-0.39, 0.29) is 17.7 Å². The molecule has 0 radical (unpaired) electrons. The number of halogens is 1. The molecule has 2 aromatic carbocycles. The van der Waals surface area contributed by atoms with Gasteiger partial charge in [-0.1, -0.05) is 35.9 Å². The minimum atomic E-state index is -1.04. The van der Waals surface area contributed by atoms with Gasteiger partial charge in [0, 0.05) is 54.2 Å². The van der Waals surface area contributed by atoms with Crippen LogP contribution in [0.5, 0.6) is 5.75 Å². The van der Waals surface area contributed by atoms with E-state index in [4.69, 9.17) is 11.6 Å². The number of hydrogen-bond donors (Lipinski definition) is 2. The van der Waals surface area contributed by atoms with Gasteiger partial charge in [-0.2, -0.15) is 0 Å². The number of rotatable bonds is 4. The van der Waals surface area contributed by atoms with Gasteiger partial charge in [0.1, 0.15) is 17.3 Å². The third-order valence-electron chi connectivity index (χ3n) is 7.60. The first kappa shape index (κ1) is 22.2. The second-order valence-electron chi connectivity index (χ2n) is 9.83. The standard InChI is InChI=1S/C27H27ClN4O3/c1-27-16-21-20-15-18(28)8-9-22(20)29-23(21)24(17-6-5-7-19(33)14-17)32(27)26(35)31(25(27)34)13-12-30-10-3-2-4-11-30/h2-3,5-9,14-15,24,29,33H,4,10-13,16H2,1H3/t24-,27+/m1/s1. The van der Waals surface area contributed by atoms with E-state index in [1.165, 1.54) is 4.90 Å². The Bertz CT molecular complexity index is 1380. The first-order valence-corrected chi connectivity index (χ1v) is 12.4. The number of aromatic amines is 1. The Morgan fingerprint density at radius 1 is 1.14 bits per heavy atom. The van der Waals surface area contributed by atoms with Gasteiger partial charge in [0.15, 0.2) is 0 Å². The molecule has 6 rings (SSSR count). The number of benzene rings is 2. The quantitative estimate of drug-likeness (QED) is 0.418. The Morgan fingerprint density at radius 2 is 2.00 bits per heavy atom. The molecule has 3 amide bonds. The largest absolute Gasteiger partial charge is 0.508 e. The molecule has 0 unspecified atom stereocenters. The summed E-state index contributed by atoms with van der Waals surface area (Å²) in [5.74, 6) is -0.0642. The predicted octanol–water partition coefficient (Wildman–Crippen LogP) is 4.46. The average Bonchev–Trinajstić information content (AvgIpc) is 3.28. The Hall–Kier alpha value is -3.29. The fraction of sp³-hybridized carbons (Fsp3) is 0.333. The number of imide groups is 1. The van der Waals surface area contributed by atoms with Crippen LogP contribution in [-0.2, 0) is 11.2 Å². The van der Waals surface area contributed by atoms with Gasteiger partial charge in [0.2, 0.25) is 0 Å². The number of nitrogens with one attached hydrogen (secondary N) is 1. The minimum absolute atomic E-state index is 0.114. The van der Waals surface area contributed by atoms with Crippen LogP contribution in [0.4, 0.5) is 4.79 Å². The van der Waals surface area contributed by atoms with Crippen LogP contribution < -0.4 is 0 Å². The van der Waals surface area contributed by atoms with Crippen molar-refractivity contribution in [2.75, 3.05) is 26.2 Å². The number of carbonyl (C=O) groups is 2. The molecule has 3 aromatic rings. The summed E-state index contributed by atoms with van der Waals surface area (Å²) in [6, 6.07) is 11.7. The molecule has 0 aliphatic carbocycles. The molecule has 2 N–H and O–H groups in total. The second kappa shape index (κ2) is 8.14. The number of phenolic OH excluding ortho intramolecular Hbond substituents is 1. The van der Waals surface area contributed by atoms with E-state index in [1.54, 1.807) is 23.1 Å². The zero-order valence-corrected chi connectivity index (χ0v) is 20.3. The number of nitrogens with zero attached hydrogens (tertiary/aromatic N) is 3. The van der Waals surface area contributed by atoms with Crippen LogP contribution in [0.2, 0.25) is 5.02 Å². The lowest BCUT2D eigenvalue weighted by molar-refractivity contribution is -0.133. The van der Waals surface area contributed by atoms with Crippen molar-refractivity contribution in [2.45, 2.75) is 31.3 Å². The lowest BCUT2D eigenvalue weighted by Crippen LogP contribution is -2.53. The Morgan fingerprint density at radius 3 is 2.77 bits per heavy atom. The molecular formula is C27H27ClN4O3. The Balaban J connectivity index is 1.45. The minimum Gasteiger partial charge on any atom is -0.508 e. The Labute approximate surface area is 208 Å². The van der Waals surface area contributed by atoms with Crippen molar-refractivity contribution in [1.29, 1.82) is 0 Å². The molecule has 180 valence electrons. The monoisotopic (exact) mass is 490 g/mol. The maximum Gasteiger partial charge on any atom is 0.328 e. The van der Waals surface area contributed by atoms with Crippen molar-refractivity contribution in [2.24, 2.45) is 0 Å². The molecule has 35 heavy (non-hydrogen) atoms. The van der Waals surface area contributed by atoms with Crippen molar-refractivity contribution < 1.29 is 14.7 Å². The summed E-state index contributed by atoms with van der Waals surface area (Å²) >= 11 is 6.33. The van der Waals surface area contributed by atoms with Gasteiger partial charge in [-0.05, 0) is 54.8 Å². The molecule has 1 fully saturated rings. The number of aromatic hydroxyl groups is 1. The summed E-state index contributed by atoms with van der Waals surface area (Å²) in [5.41, 5.74) is 2.45. The third-order valence-corrected chi connectivity index (χ3v) is 7.83. The summed E-state index contributed by atoms with van der Waals surface area (Å²) in [6.07, 6.45) is 5.66. The highest BCUT2D eigenvalue weighted by molar-refractivity contribution is 6.31. The van der Waals surface area contributed by atoms with Crippen LogP contribution in [0.3, 0.4) is 0 Å². The number of H-pyrrole nitrogens is 1. The van der Waals surface area contributed by atoms with Gasteiger partial charge >= 0.3 is 6.03 Å². The average molecular weight is 491 g/mol. The molecule has 0 saturated carbocycles. The predicted molar refractivity (Wildman–Crippen MR) is 135 cm³/mol. The number of amides is 3. The molecule has 2 atom stereocenters. The molecule has 4 heterocycles. The van der Waals surface area contributed by atoms with Crippen LogP contribution in [0.25, 0.3) is 10.9 Å². The summed E-state index contributed by atoms with van der Waals surface area (Å²) < 4.78 is 0. The number of fused-ring (bicyclic) bond motifs is 4. The van der Waals surface area contributed by atoms with Crippen LogP contribution in [0.1, 0.15) is 36.2 Å². The molecule has 7 nitrogen and oxygen atoms in total. The molecular weight excluding hydrogens is 464 g/mol. The lowest BCUT2D eigenvalue weighted by Gasteiger charge is -2.42. The smallest absolute Gasteiger partial charge is 0.328 e. The van der Waals surface area contributed by atoms with Gasteiger partial charge in [-0.3, -0.25) is 19.5 Å². The third kappa shape index (κ3) is 3.45. The van der Waals surface area contributed by atoms with Crippen LogP contribution in [-0.4, -0.2) is 68.4 Å². The highest BCUT2D eigenvalue weighted by Gasteiger charge is 2.60. The van der Waals surface area contributed by atoms with Crippen molar-refractivity contribution in [1.82, 2.24) is 19.7 Å². The molecule has 8 heteroatoms. The zero-order valence-electron chi connectivity index (χ0n) is 19.5. The summed E-state index contributed by atoms with van der Waals surface area (Å²) in [5, 5.41) is 11.8. The SMILES string of the molecule is C[C@@]12Cc3c([nH]c4ccc(Cl)cc34)[C@@H](c3cccc(O)c3)N1C(=O)N(CCN1CC=CCC1)C2=O. The summed E-state index contributed by atoms with van der Waals surface area (Å²) in [7, 11) is 0. The van der Waals surface area contributed by atoms with Gasteiger partial charge in [-0.15, -0.1) is 0 Å². The van der Waals surface area contributed by atoms with E-state index < -0.39 is 11.6 Å². The van der Waals surface area contributed by atoms with E-state index >= 15 is 0 Å². The van der Waals surface area contributed by atoms with Crippen molar-refractivity contribution in [3.8, 4) is 5.75 Å². The van der Waals surface area contributed by atoms with E-state index in [0.29, 0.717) is 24.5 Å². The number of phenols is 1. The van der Waals surface area contributed by atoms with Crippen molar-refractivity contribution in [3.63, 3.8) is 0 Å². The lowest BCUT2D eigenvalue weighted by atomic mass is 9.81. The number of carbonyl (C=O) groups excluding carboxylic acids is 2. The fourth-order valence-corrected chi connectivity index (χ4v) is 6.03. The van der Waals surface area contributed by atoms with Crippen LogP contribution >= 0.6 is 11.6 Å². The van der Waals surface area contributed by atoms with Crippen molar-refractivity contribution >= 4 is 34.4 Å². The van der Waals surface area contributed by atoms with Crippen molar-refractivity contribution in [3.05, 3.63) is 76.5 Å². The topological polar surface area (TPSA) is 79.9 Å². The van der Waals surface area contributed by atoms with E-state index in [9.17, 15) is 14.7 Å². The maximum absolute atomic E-state index is 13.9. The van der Waals surface area contributed by atoms with Gasteiger partial charge in [0.25, 0.3) is 5.91 Å². The zero-order chi connectivity index (χ0) is 24.3. The fourth-order valence-electron chi connectivity index (χ4n) is 5.86. The maximum atomic E-state index is 13.9. The second-order valence-corrected chi connectivity index (χ2v) is 10.3. The van der Waals surface area contributed by atoms with Crippen LogP contribution in [0.15, 0.2) is 54.6 Å². The molecule has 1 saturated heterocycles. The van der Waals surface area contributed by atoms with E-state index in [1.807, 2.05) is 31.2 Å². The van der Waals surface area contributed by atoms with Gasteiger partial charge in [0.05, 0.1) is 0 Å². The molecule has 3 aliphatic heterocycles. The Kier molecular flexibility index (Phi) is 5.16. The van der Waals surface area contributed by atoms with Gasteiger partial charge < -0.3 is 10.1 Å². The van der Waals surface area contributed by atoms with Crippen LogP contribution in [0, 0.1) is 0 Å². The highest BCUT2D eigenvalue weighted by Crippen LogP contribution is 2.49. The molecule has 3 aliphatic rings.